The number of hydrogen-bond donors (Lipinski definition) is 1. The molecule has 2 aliphatic rings. The topological polar surface area (TPSA) is 114 Å². The predicted octanol–water partition coefficient (Wildman–Crippen LogP) is 3.06. The van der Waals surface area contributed by atoms with Crippen LogP contribution in [0, 0.1) is 6.92 Å². The van der Waals surface area contributed by atoms with Crippen molar-refractivity contribution in [1.82, 2.24) is 0 Å². The van der Waals surface area contributed by atoms with Crippen molar-refractivity contribution in [3.8, 4) is 5.75 Å². The molecule has 0 aliphatic carbocycles. The number of nitrogens with one attached hydrogen (secondary N) is 1. The fraction of sp³-hybridized carbons (Fsp3) is 0.250. The van der Waals surface area contributed by atoms with Gasteiger partial charge in [-0.2, -0.15) is 0 Å². The van der Waals surface area contributed by atoms with Gasteiger partial charge in [-0.15, -0.1) is 4.40 Å². The van der Waals surface area contributed by atoms with E-state index in [-0.39, 0.29) is 11.3 Å². The van der Waals surface area contributed by atoms with Gasteiger partial charge in [0.2, 0.25) is 0 Å². The van der Waals surface area contributed by atoms with Crippen molar-refractivity contribution in [2.45, 2.75) is 11.8 Å². The second-order valence-corrected chi connectivity index (χ2v) is 10.2. The van der Waals surface area contributed by atoms with Crippen LogP contribution in [0.5, 0.6) is 5.75 Å². The largest absolute Gasteiger partial charge is 0.495 e. The van der Waals surface area contributed by atoms with Gasteiger partial charge >= 0.3 is 5.97 Å². The molecule has 0 aromatic heterocycles. The third-order valence-corrected chi connectivity index (χ3v) is 7.51. The number of anilines is 2. The monoisotopic (exact) mass is 495 g/mol. The Morgan fingerprint density at radius 3 is 2.81 bits per heavy atom. The van der Waals surface area contributed by atoms with Crippen molar-refractivity contribution >= 4 is 61.8 Å². The first-order valence-corrected chi connectivity index (χ1v) is 12.2. The summed E-state index contributed by atoms with van der Waals surface area (Å²) in [6.45, 7) is 1.60. The minimum Gasteiger partial charge on any atom is -0.495 e. The fourth-order valence-corrected chi connectivity index (χ4v) is 5.64. The van der Waals surface area contributed by atoms with E-state index in [1.165, 1.54) is 18.9 Å². The average molecular weight is 496 g/mol. The van der Waals surface area contributed by atoms with Crippen LogP contribution in [-0.2, 0) is 19.6 Å². The van der Waals surface area contributed by atoms with Crippen molar-refractivity contribution in [1.29, 1.82) is 0 Å². The fourth-order valence-electron chi connectivity index (χ4n) is 3.19. The number of aryl methyl sites for hydroxylation is 1. The van der Waals surface area contributed by atoms with Crippen LogP contribution in [0.1, 0.15) is 15.9 Å². The Morgan fingerprint density at radius 2 is 2.06 bits per heavy atom. The lowest BCUT2D eigenvalue weighted by Gasteiger charge is -2.22. The van der Waals surface area contributed by atoms with E-state index in [0.717, 1.165) is 11.3 Å². The Kier molecular flexibility index (Phi) is 6.06. The summed E-state index contributed by atoms with van der Waals surface area (Å²) in [7, 11) is -2.01. The van der Waals surface area contributed by atoms with Crippen molar-refractivity contribution < 1.29 is 27.5 Å². The molecule has 0 saturated heterocycles. The molecule has 1 N–H and O–H groups in total. The van der Waals surface area contributed by atoms with E-state index in [1.807, 2.05) is 0 Å². The van der Waals surface area contributed by atoms with E-state index in [0.29, 0.717) is 33.1 Å². The minimum absolute atomic E-state index is 0.0622. The zero-order valence-electron chi connectivity index (χ0n) is 17.0. The lowest BCUT2D eigenvalue weighted by Crippen LogP contribution is -2.35. The van der Waals surface area contributed by atoms with Crippen LogP contribution in [0.15, 0.2) is 39.6 Å². The first-order chi connectivity index (χ1) is 15.2. The second-order valence-electron chi connectivity index (χ2n) is 7.02. The van der Waals surface area contributed by atoms with Gasteiger partial charge in [-0.05, 0) is 48.5 Å². The Balaban J connectivity index is 1.41. The second kappa shape index (κ2) is 8.64. The predicted molar refractivity (Wildman–Crippen MR) is 123 cm³/mol. The highest BCUT2D eigenvalue weighted by Crippen LogP contribution is 2.42. The zero-order chi connectivity index (χ0) is 23.0. The Hall–Kier alpha value is -2.76. The number of thioether (sulfide) groups is 1. The summed E-state index contributed by atoms with van der Waals surface area (Å²) in [4.78, 5) is 27.2. The summed E-state index contributed by atoms with van der Waals surface area (Å²) >= 11 is 7.23. The molecule has 0 atom stereocenters. The molecule has 2 aromatic carbocycles. The maximum absolute atomic E-state index is 12.4. The zero-order valence-corrected chi connectivity index (χ0v) is 19.4. The molecule has 1 amide bonds. The van der Waals surface area contributed by atoms with Crippen molar-refractivity contribution in [3.63, 3.8) is 0 Å². The van der Waals surface area contributed by atoms with Gasteiger partial charge < -0.3 is 19.7 Å². The number of halogens is 1. The molecule has 12 heteroatoms. The standard InChI is InChI=1S/C20H18ClN3O6S2/c1-11-7-14(16(29-2)9-13(11)21)22-18(25)10-30-19(26)12-3-4-15-17(8-12)31-20-23-32(27,28)6-5-24(15)20/h3-4,7-9H,5-6,10H2,1-2H3,(H,22,25). The Morgan fingerprint density at radius 1 is 1.28 bits per heavy atom. The molecule has 32 heavy (non-hydrogen) atoms. The summed E-state index contributed by atoms with van der Waals surface area (Å²) in [6, 6.07) is 8.12. The number of fused-ring (bicyclic) bond motifs is 3. The summed E-state index contributed by atoms with van der Waals surface area (Å²) < 4.78 is 37.6. The van der Waals surface area contributed by atoms with Gasteiger partial charge in [0.25, 0.3) is 15.9 Å². The van der Waals surface area contributed by atoms with Crippen LogP contribution in [-0.4, -0.2) is 51.5 Å². The summed E-state index contributed by atoms with van der Waals surface area (Å²) in [5.74, 6) is -0.891. The average Bonchev–Trinajstić information content (AvgIpc) is 3.09. The van der Waals surface area contributed by atoms with E-state index in [2.05, 4.69) is 9.71 Å². The molecule has 0 spiro atoms. The van der Waals surface area contributed by atoms with Gasteiger partial charge in [0.05, 0.1) is 29.8 Å². The van der Waals surface area contributed by atoms with Crippen LogP contribution in [0.25, 0.3) is 0 Å². The van der Waals surface area contributed by atoms with Gasteiger partial charge in [-0.3, -0.25) is 4.79 Å². The number of carbonyl (C=O) groups is 2. The highest BCUT2D eigenvalue weighted by molar-refractivity contribution is 8.15. The van der Waals surface area contributed by atoms with E-state index in [4.69, 9.17) is 21.1 Å². The maximum Gasteiger partial charge on any atom is 0.338 e. The smallest absolute Gasteiger partial charge is 0.338 e. The number of esters is 1. The first-order valence-electron chi connectivity index (χ1n) is 9.40. The number of ether oxygens (including phenoxy) is 2. The van der Waals surface area contributed by atoms with E-state index >= 15 is 0 Å². The molecule has 2 aliphatic heterocycles. The van der Waals surface area contributed by atoms with Crippen LogP contribution in [0.2, 0.25) is 5.02 Å². The van der Waals surface area contributed by atoms with Gasteiger partial charge in [0, 0.05) is 22.5 Å². The molecule has 0 bridgehead atoms. The van der Waals surface area contributed by atoms with E-state index in [1.54, 1.807) is 42.2 Å². The molecular weight excluding hydrogens is 478 g/mol. The maximum atomic E-state index is 12.4. The van der Waals surface area contributed by atoms with Crippen LogP contribution >= 0.6 is 23.4 Å². The Labute approximate surface area is 193 Å². The molecule has 0 saturated carbocycles. The molecule has 4 rings (SSSR count). The van der Waals surface area contributed by atoms with Gasteiger partial charge in [0.1, 0.15) is 5.75 Å². The highest BCUT2D eigenvalue weighted by Gasteiger charge is 2.33. The minimum atomic E-state index is -3.46. The number of carbonyl (C=O) groups excluding carboxylic acids is 2. The quantitative estimate of drug-likeness (QED) is 0.629. The molecule has 0 radical (unpaired) electrons. The number of amidine groups is 1. The van der Waals surface area contributed by atoms with Gasteiger partial charge in [-0.1, -0.05) is 11.6 Å². The number of sulfonamides is 1. The third-order valence-electron chi connectivity index (χ3n) is 4.80. The lowest BCUT2D eigenvalue weighted by atomic mass is 10.2. The normalized spacial score (nSPS) is 16.0. The summed E-state index contributed by atoms with van der Waals surface area (Å²) in [6.07, 6.45) is 0. The van der Waals surface area contributed by atoms with Crippen LogP contribution < -0.4 is 15.0 Å². The lowest BCUT2D eigenvalue weighted by molar-refractivity contribution is -0.119. The molecular formula is C20H18ClN3O6S2. The third kappa shape index (κ3) is 4.54. The van der Waals surface area contributed by atoms with Gasteiger partial charge in [-0.25, -0.2) is 13.2 Å². The molecule has 2 heterocycles. The summed E-state index contributed by atoms with van der Waals surface area (Å²) in [5.41, 5.74) is 2.19. The molecule has 9 nitrogen and oxygen atoms in total. The number of hydrogen-bond acceptors (Lipinski definition) is 8. The van der Waals surface area contributed by atoms with E-state index < -0.39 is 28.5 Å². The van der Waals surface area contributed by atoms with Crippen molar-refractivity contribution in [2.75, 3.05) is 36.2 Å². The number of benzene rings is 2. The van der Waals surface area contributed by atoms with Crippen LogP contribution in [0.4, 0.5) is 11.4 Å². The van der Waals surface area contributed by atoms with Crippen molar-refractivity contribution in [2.24, 2.45) is 4.40 Å². The van der Waals surface area contributed by atoms with Crippen LogP contribution in [0.3, 0.4) is 0 Å². The Bertz CT molecular complexity index is 1260. The molecule has 2 aromatic rings. The number of methoxy groups -OCH3 is 1. The molecule has 0 unspecified atom stereocenters. The SMILES string of the molecule is COc1cc(Cl)c(C)cc1NC(=O)COC(=O)c1ccc2c(c1)SC1=NS(=O)(=O)CCN12. The van der Waals surface area contributed by atoms with Crippen molar-refractivity contribution in [3.05, 3.63) is 46.5 Å². The van der Waals surface area contributed by atoms with E-state index in [9.17, 15) is 18.0 Å². The number of nitrogens with zero attached hydrogens (tertiary/aromatic N) is 2. The number of amides is 1. The number of rotatable bonds is 5. The van der Waals surface area contributed by atoms with Gasteiger partial charge in [0.15, 0.2) is 11.8 Å². The molecule has 168 valence electrons. The first kappa shape index (κ1) is 22.4. The molecule has 0 fully saturated rings. The highest BCUT2D eigenvalue weighted by atomic mass is 35.5. The summed E-state index contributed by atoms with van der Waals surface area (Å²) in [5, 5.41) is 3.50.